The summed E-state index contributed by atoms with van der Waals surface area (Å²) in [6.07, 6.45) is 4.90. The summed E-state index contributed by atoms with van der Waals surface area (Å²) in [4.78, 5) is 10.8. The molecule has 92 valence electrons. The lowest BCUT2D eigenvalue weighted by Crippen LogP contribution is -2.34. The quantitative estimate of drug-likeness (QED) is 0.878. The van der Waals surface area contributed by atoms with E-state index in [1.54, 1.807) is 0 Å². The van der Waals surface area contributed by atoms with Crippen molar-refractivity contribution in [2.24, 2.45) is 0 Å². The van der Waals surface area contributed by atoms with Gasteiger partial charge in [-0.1, -0.05) is 0 Å². The highest BCUT2D eigenvalue weighted by Crippen LogP contribution is 2.12. The first-order valence-corrected chi connectivity index (χ1v) is 4.99. The van der Waals surface area contributed by atoms with Crippen molar-refractivity contribution >= 4 is 30.8 Å². The summed E-state index contributed by atoms with van der Waals surface area (Å²) in [6, 6.07) is 0.540. The van der Waals surface area contributed by atoms with E-state index in [0.717, 1.165) is 24.6 Å². The van der Waals surface area contributed by atoms with E-state index in [0.29, 0.717) is 6.04 Å². The van der Waals surface area contributed by atoms with E-state index >= 15 is 0 Å². The summed E-state index contributed by atoms with van der Waals surface area (Å²) >= 11 is 0. The molecule has 0 aromatic carbocycles. The van der Waals surface area contributed by atoms with Crippen LogP contribution in [0.15, 0.2) is 12.4 Å². The Morgan fingerprint density at radius 1 is 1.31 bits per heavy atom. The molecule has 6 heteroatoms. The number of hydrogen-bond acceptors (Lipinski definition) is 4. The van der Waals surface area contributed by atoms with Crippen LogP contribution in [0.2, 0.25) is 0 Å². The third-order valence-corrected chi connectivity index (χ3v) is 2.66. The number of nitrogens with one attached hydrogen (secondary N) is 1. The maximum atomic E-state index is 4.31. The molecule has 1 aliphatic rings. The first-order chi connectivity index (χ1) is 6.77. The number of aromatic nitrogens is 2. The molecule has 0 saturated carbocycles. The Bertz CT molecular complexity index is 298. The second-order valence-electron chi connectivity index (χ2n) is 3.82. The molecule has 0 spiro atoms. The van der Waals surface area contributed by atoms with Crippen LogP contribution in [-0.2, 0) is 0 Å². The highest BCUT2D eigenvalue weighted by molar-refractivity contribution is 5.85. The smallest absolute Gasteiger partial charge is 0.225 e. The second kappa shape index (κ2) is 6.89. The van der Waals surface area contributed by atoms with E-state index in [4.69, 9.17) is 0 Å². The average Bonchev–Trinajstić information content (AvgIpc) is 2.71. The maximum absolute atomic E-state index is 4.31. The Morgan fingerprint density at radius 2 is 1.94 bits per heavy atom. The van der Waals surface area contributed by atoms with Crippen molar-refractivity contribution in [2.45, 2.75) is 19.4 Å². The summed E-state index contributed by atoms with van der Waals surface area (Å²) in [7, 11) is 2.06. The largest absolute Gasteiger partial charge is 0.340 e. The molecular weight excluding hydrogens is 247 g/mol. The highest BCUT2D eigenvalue weighted by Gasteiger charge is 2.20. The van der Waals surface area contributed by atoms with Gasteiger partial charge in [0.15, 0.2) is 0 Å². The predicted molar refractivity (Wildman–Crippen MR) is 70.9 cm³/mol. The van der Waals surface area contributed by atoms with E-state index < -0.39 is 0 Å². The Kier molecular flexibility index (Phi) is 6.64. The zero-order chi connectivity index (χ0) is 9.97. The van der Waals surface area contributed by atoms with Crippen LogP contribution in [-0.4, -0.2) is 36.1 Å². The van der Waals surface area contributed by atoms with Crippen molar-refractivity contribution in [2.75, 3.05) is 25.0 Å². The Morgan fingerprint density at radius 3 is 2.44 bits per heavy atom. The van der Waals surface area contributed by atoms with Crippen LogP contribution in [0.4, 0.5) is 5.95 Å². The number of anilines is 1. The number of aryl methyl sites for hydroxylation is 1. The fraction of sp³-hybridized carbons (Fsp3) is 0.600. The van der Waals surface area contributed by atoms with Crippen molar-refractivity contribution in [3.8, 4) is 0 Å². The van der Waals surface area contributed by atoms with Crippen LogP contribution in [0.5, 0.6) is 0 Å². The molecule has 1 atom stereocenters. The lowest BCUT2D eigenvalue weighted by atomic mass is 10.2. The summed E-state index contributed by atoms with van der Waals surface area (Å²) in [5.41, 5.74) is 1.10. The molecule has 1 fully saturated rings. The van der Waals surface area contributed by atoms with Crippen LogP contribution in [0.25, 0.3) is 0 Å². The molecule has 1 N–H and O–H groups in total. The monoisotopic (exact) mass is 264 g/mol. The third-order valence-electron chi connectivity index (χ3n) is 2.66. The molecule has 1 aromatic rings. The summed E-state index contributed by atoms with van der Waals surface area (Å²) in [5, 5.41) is 3.34. The van der Waals surface area contributed by atoms with E-state index in [-0.39, 0.29) is 24.8 Å². The van der Waals surface area contributed by atoms with Gasteiger partial charge < -0.3 is 10.2 Å². The number of likely N-dealkylation sites (N-methyl/N-ethyl adjacent to an activating group) is 1. The van der Waals surface area contributed by atoms with Gasteiger partial charge in [-0.2, -0.15) is 0 Å². The fourth-order valence-electron chi connectivity index (χ4n) is 1.70. The molecule has 0 bridgehead atoms. The summed E-state index contributed by atoms with van der Waals surface area (Å²) < 4.78 is 0. The van der Waals surface area contributed by atoms with E-state index in [2.05, 4.69) is 27.2 Å². The molecule has 4 nitrogen and oxygen atoms in total. The molecule has 1 aromatic heterocycles. The Balaban J connectivity index is 0.00000112. The maximum Gasteiger partial charge on any atom is 0.225 e. The summed E-state index contributed by atoms with van der Waals surface area (Å²) in [6.45, 7) is 4.13. The van der Waals surface area contributed by atoms with E-state index in [1.165, 1.54) is 6.42 Å². The fourth-order valence-corrected chi connectivity index (χ4v) is 1.70. The topological polar surface area (TPSA) is 41.1 Å². The molecule has 1 unspecified atom stereocenters. The van der Waals surface area contributed by atoms with Gasteiger partial charge in [0, 0.05) is 32.0 Å². The second-order valence-corrected chi connectivity index (χ2v) is 3.82. The van der Waals surface area contributed by atoms with Gasteiger partial charge in [0.1, 0.15) is 0 Å². The molecule has 1 saturated heterocycles. The van der Waals surface area contributed by atoms with Gasteiger partial charge in [0.25, 0.3) is 0 Å². The van der Waals surface area contributed by atoms with Crippen molar-refractivity contribution < 1.29 is 0 Å². The van der Waals surface area contributed by atoms with E-state index in [1.807, 2.05) is 19.3 Å². The van der Waals surface area contributed by atoms with Crippen molar-refractivity contribution in [3.63, 3.8) is 0 Å². The Hall–Kier alpha value is -0.580. The van der Waals surface area contributed by atoms with Crippen molar-refractivity contribution in [1.82, 2.24) is 15.3 Å². The molecule has 16 heavy (non-hydrogen) atoms. The molecular formula is C10H18Cl2N4. The van der Waals surface area contributed by atoms with Crippen molar-refractivity contribution in [1.29, 1.82) is 0 Å². The normalized spacial score (nSPS) is 18.5. The summed E-state index contributed by atoms with van der Waals surface area (Å²) in [5.74, 6) is 0.823. The van der Waals surface area contributed by atoms with Gasteiger partial charge >= 0.3 is 0 Å². The zero-order valence-corrected chi connectivity index (χ0v) is 11.1. The predicted octanol–water partition coefficient (Wildman–Crippen LogP) is 1.43. The first-order valence-electron chi connectivity index (χ1n) is 4.99. The van der Waals surface area contributed by atoms with Gasteiger partial charge in [-0.25, -0.2) is 9.97 Å². The molecule has 0 aliphatic carbocycles. The van der Waals surface area contributed by atoms with Crippen LogP contribution in [0.3, 0.4) is 0 Å². The van der Waals surface area contributed by atoms with Crippen LogP contribution in [0.1, 0.15) is 12.0 Å². The lowest BCUT2D eigenvalue weighted by molar-refractivity contribution is 0.668. The van der Waals surface area contributed by atoms with E-state index in [9.17, 15) is 0 Å². The zero-order valence-electron chi connectivity index (χ0n) is 9.51. The molecule has 2 heterocycles. The SMILES string of the molecule is Cc1cnc(N(C)C2CCNC2)nc1.Cl.Cl. The highest BCUT2D eigenvalue weighted by atomic mass is 35.5. The van der Waals surface area contributed by atoms with Gasteiger partial charge in [-0.05, 0) is 25.5 Å². The van der Waals surface area contributed by atoms with Crippen LogP contribution < -0.4 is 10.2 Å². The van der Waals surface area contributed by atoms with Crippen LogP contribution in [0, 0.1) is 6.92 Å². The first kappa shape index (κ1) is 15.4. The standard InChI is InChI=1S/C10H16N4.2ClH/c1-8-5-12-10(13-6-8)14(2)9-3-4-11-7-9;;/h5-6,9,11H,3-4,7H2,1-2H3;2*1H. The molecule has 0 amide bonds. The minimum Gasteiger partial charge on any atom is -0.340 e. The minimum absolute atomic E-state index is 0. The van der Waals surface area contributed by atoms with Gasteiger partial charge in [-0.15, -0.1) is 24.8 Å². The van der Waals surface area contributed by atoms with Gasteiger partial charge in [0.05, 0.1) is 0 Å². The average molecular weight is 265 g/mol. The molecule has 1 aliphatic heterocycles. The minimum atomic E-state index is 0. The number of rotatable bonds is 2. The van der Waals surface area contributed by atoms with Crippen LogP contribution >= 0.6 is 24.8 Å². The van der Waals surface area contributed by atoms with Gasteiger partial charge in [-0.3, -0.25) is 0 Å². The van der Waals surface area contributed by atoms with Crippen molar-refractivity contribution in [3.05, 3.63) is 18.0 Å². The lowest BCUT2D eigenvalue weighted by Gasteiger charge is -2.23. The number of nitrogens with zero attached hydrogens (tertiary/aromatic N) is 3. The molecule has 2 rings (SSSR count). The number of halogens is 2. The Labute approximate surface area is 109 Å². The molecule has 0 radical (unpaired) electrons. The third kappa shape index (κ3) is 3.47. The van der Waals surface area contributed by atoms with Gasteiger partial charge in [0.2, 0.25) is 5.95 Å². The number of hydrogen-bond donors (Lipinski definition) is 1.